The summed E-state index contributed by atoms with van der Waals surface area (Å²) in [5, 5.41) is 9.33. The van der Waals surface area contributed by atoms with Crippen molar-refractivity contribution in [2.45, 2.75) is 0 Å². The molecule has 4 heterocycles. The Morgan fingerprint density at radius 2 is 1.18 bits per heavy atom. The lowest BCUT2D eigenvalue weighted by Crippen LogP contribution is -2.09. The first-order chi connectivity index (χ1) is 19.7. The molecule has 0 saturated carbocycles. The van der Waals surface area contributed by atoms with Crippen LogP contribution in [-0.4, -0.2) is 38.0 Å². The third kappa shape index (κ3) is 3.29. The smallest absolute Gasteiger partial charge is 0.139 e. The zero-order valence-corrected chi connectivity index (χ0v) is 22.2. The molecule has 0 unspecified atom stereocenters. The molecule has 0 bridgehead atoms. The molecule has 8 rings (SSSR count). The van der Waals surface area contributed by atoms with E-state index in [-0.39, 0.29) is 0 Å². The first-order valence-corrected chi connectivity index (χ1v) is 13.4. The first kappa shape index (κ1) is 22.6. The first-order valence-electron chi connectivity index (χ1n) is 13.4. The molecule has 0 atom stereocenters. The summed E-state index contributed by atoms with van der Waals surface area (Å²) in [6, 6.07) is 36.7. The molecule has 0 aliphatic heterocycles. The highest BCUT2D eigenvalue weighted by Gasteiger charge is 2.17. The minimum Gasteiger partial charge on any atom is -0.378 e. The average Bonchev–Trinajstić information content (AvgIpc) is 3.72. The van der Waals surface area contributed by atoms with Crippen LogP contribution < -0.4 is 4.90 Å². The van der Waals surface area contributed by atoms with Crippen molar-refractivity contribution in [2.24, 2.45) is 0 Å². The van der Waals surface area contributed by atoms with E-state index in [4.69, 9.17) is 4.98 Å². The molecule has 192 valence electrons. The number of para-hydroxylation sites is 2. The van der Waals surface area contributed by atoms with Gasteiger partial charge in [-0.1, -0.05) is 48.5 Å². The third-order valence-electron chi connectivity index (χ3n) is 7.82. The number of anilines is 1. The van der Waals surface area contributed by atoms with Gasteiger partial charge in [-0.2, -0.15) is 5.10 Å². The Labute approximate surface area is 230 Å². The van der Waals surface area contributed by atoms with Gasteiger partial charge >= 0.3 is 0 Å². The zero-order chi connectivity index (χ0) is 26.8. The molecule has 0 radical (unpaired) electrons. The van der Waals surface area contributed by atoms with Gasteiger partial charge < -0.3 is 9.47 Å². The lowest BCUT2D eigenvalue weighted by molar-refractivity contribution is 0.881. The largest absolute Gasteiger partial charge is 0.378 e. The van der Waals surface area contributed by atoms with Gasteiger partial charge in [-0.15, -0.1) is 0 Å². The molecule has 0 N–H and O–H groups in total. The van der Waals surface area contributed by atoms with Crippen LogP contribution in [0.2, 0.25) is 0 Å². The lowest BCUT2D eigenvalue weighted by atomic mass is 10.1. The number of nitrogens with zero attached hydrogens (tertiary/aromatic N) is 6. The molecule has 6 heteroatoms. The van der Waals surface area contributed by atoms with Crippen LogP contribution in [0.25, 0.3) is 60.8 Å². The van der Waals surface area contributed by atoms with E-state index in [0.29, 0.717) is 0 Å². The quantitative estimate of drug-likeness (QED) is 0.242. The number of benzene rings is 4. The van der Waals surface area contributed by atoms with Crippen molar-refractivity contribution < 1.29 is 0 Å². The molecular weight excluding hydrogens is 492 g/mol. The molecule has 6 nitrogen and oxygen atoms in total. The second kappa shape index (κ2) is 8.58. The second-order valence-electron chi connectivity index (χ2n) is 10.3. The van der Waals surface area contributed by atoms with Crippen molar-refractivity contribution in [1.29, 1.82) is 0 Å². The lowest BCUT2D eigenvalue weighted by Gasteiger charge is -2.15. The standard InChI is InChI=1S/C34H26N6/c1-37(2)23-16-18-35-34(22-23)40-31-11-6-4-9-27(31)29-15-13-25(21-33(29)40)39-30-10-5-3-8-26(30)28-14-12-24(20-32(28)39)38-19-7-17-36-38/h3-22H,1-2H3. The summed E-state index contributed by atoms with van der Waals surface area (Å²) in [6.07, 6.45) is 5.68. The fourth-order valence-electron chi connectivity index (χ4n) is 5.95. The Kier molecular flexibility index (Phi) is 4.85. The molecule has 0 aliphatic carbocycles. The normalized spacial score (nSPS) is 11.8. The predicted molar refractivity (Wildman–Crippen MR) is 164 cm³/mol. The van der Waals surface area contributed by atoms with E-state index in [1.165, 1.54) is 27.1 Å². The summed E-state index contributed by atoms with van der Waals surface area (Å²) < 4.78 is 6.55. The predicted octanol–water partition coefficient (Wildman–Crippen LogP) is 7.53. The Morgan fingerprint density at radius 1 is 0.550 bits per heavy atom. The van der Waals surface area contributed by atoms with E-state index >= 15 is 0 Å². The molecule has 4 aromatic heterocycles. The molecule has 40 heavy (non-hydrogen) atoms. The van der Waals surface area contributed by atoms with Gasteiger partial charge in [-0.3, -0.25) is 4.57 Å². The van der Waals surface area contributed by atoms with E-state index in [0.717, 1.165) is 39.4 Å². The molecule has 0 fully saturated rings. The van der Waals surface area contributed by atoms with E-state index in [1.807, 2.05) is 35.4 Å². The average molecular weight is 519 g/mol. The van der Waals surface area contributed by atoms with Crippen LogP contribution in [0, 0.1) is 0 Å². The fraction of sp³-hybridized carbons (Fsp3) is 0.0588. The summed E-state index contributed by atoms with van der Waals surface area (Å²) in [5.41, 5.74) is 7.82. The monoisotopic (exact) mass is 518 g/mol. The van der Waals surface area contributed by atoms with Gasteiger partial charge in [0.15, 0.2) is 0 Å². The van der Waals surface area contributed by atoms with Crippen molar-refractivity contribution in [1.82, 2.24) is 23.9 Å². The molecule has 8 aromatic rings. The summed E-state index contributed by atoms with van der Waals surface area (Å²) in [4.78, 5) is 6.93. The Balaban J connectivity index is 1.45. The minimum absolute atomic E-state index is 0.901. The molecule has 0 aliphatic rings. The summed E-state index contributed by atoms with van der Waals surface area (Å²) in [6.45, 7) is 0. The molecule has 0 spiro atoms. The Hall–Kier alpha value is -5.36. The number of fused-ring (bicyclic) bond motifs is 6. The minimum atomic E-state index is 0.901. The summed E-state index contributed by atoms with van der Waals surface area (Å²) in [5.74, 6) is 0.901. The zero-order valence-electron chi connectivity index (χ0n) is 22.2. The van der Waals surface area contributed by atoms with Gasteiger partial charge in [-0.25, -0.2) is 9.67 Å². The maximum absolute atomic E-state index is 4.82. The Bertz CT molecular complexity index is 2200. The highest BCUT2D eigenvalue weighted by molar-refractivity contribution is 6.12. The number of aromatic nitrogens is 5. The van der Waals surface area contributed by atoms with Gasteiger partial charge in [0.1, 0.15) is 5.82 Å². The van der Waals surface area contributed by atoms with Gasteiger partial charge in [0, 0.05) is 71.7 Å². The van der Waals surface area contributed by atoms with Crippen molar-refractivity contribution in [3.63, 3.8) is 0 Å². The summed E-state index contributed by atoms with van der Waals surface area (Å²) in [7, 11) is 4.12. The number of rotatable bonds is 4. The van der Waals surface area contributed by atoms with Crippen LogP contribution in [0.15, 0.2) is 122 Å². The SMILES string of the molecule is CN(C)c1ccnc(-n2c3ccccc3c3ccc(-n4c5ccccc5c5ccc(-n6cccn6)cc54)cc32)c1. The van der Waals surface area contributed by atoms with Crippen molar-refractivity contribution in [2.75, 3.05) is 19.0 Å². The van der Waals surface area contributed by atoms with Crippen molar-refractivity contribution in [3.05, 3.63) is 122 Å². The van der Waals surface area contributed by atoms with Gasteiger partial charge in [-0.05, 0) is 48.5 Å². The van der Waals surface area contributed by atoms with Crippen LogP contribution in [-0.2, 0) is 0 Å². The van der Waals surface area contributed by atoms with Crippen LogP contribution in [0.4, 0.5) is 5.69 Å². The number of pyridine rings is 1. The Morgan fingerprint density at radius 3 is 1.88 bits per heavy atom. The highest BCUT2D eigenvalue weighted by atomic mass is 15.3. The molecule has 4 aromatic carbocycles. The van der Waals surface area contributed by atoms with E-state index in [9.17, 15) is 0 Å². The maximum atomic E-state index is 4.82. The van der Waals surface area contributed by atoms with Crippen LogP contribution in [0.3, 0.4) is 0 Å². The van der Waals surface area contributed by atoms with Crippen LogP contribution in [0.5, 0.6) is 0 Å². The maximum Gasteiger partial charge on any atom is 0.139 e. The van der Waals surface area contributed by atoms with Crippen molar-refractivity contribution in [3.8, 4) is 17.2 Å². The molecule has 0 saturated heterocycles. The van der Waals surface area contributed by atoms with Gasteiger partial charge in [0.25, 0.3) is 0 Å². The van der Waals surface area contributed by atoms with Crippen LogP contribution in [0.1, 0.15) is 0 Å². The molecule has 0 amide bonds. The van der Waals surface area contributed by atoms with E-state index in [2.05, 4.69) is 124 Å². The van der Waals surface area contributed by atoms with E-state index < -0.39 is 0 Å². The summed E-state index contributed by atoms with van der Waals surface area (Å²) >= 11 is 0. The number of hydrogen-bond acceptors (Lipinski definition) is 3. The van der Waals surface area contributed by atoms with Crippen molar-refractivity contribution >= 4 is 49.3 Å². The van der Waals surface area contributed by atoms with Gasteiger partial charge in [0.05, 0.1) is 27.8 Å². The third-order valence-corrected chi connectivity index (χ3v) is 7.82. The second-order valence-corrected chi connectivity index (χ2v) is 10.3. The number of hydrogen-bond donors (Lipinski definition) is 0. The van der Waals surface area contributed by atoms with Crippen LogP contribution >= 0.6 is 0 Å². The van der Waals surface area contributed by atoms with E-state index in [1.54, 1.807) is 0 Å². The highest BCUT2D eigenvalue weighted by Crippen LogP contribution is 2.37. The molecular formula is C34H26N6. The fourth-order valence-corrected chi connectivity index (χ4v) is 5.95. The van der Waals surface area contributed by atoms with Gasteiger partial charge in [0.2, 0.25) is 0 Å². The topological polar surface area (TPSA) is 43.8 Å².